The van der Waals surface area contributed by atoms with E-state index in [-0.39, 0.29) is 13.2 Å². The minimum Gasteiger partial charge on any atom is -0.329 e. The fraction of sp³-hybridized carbons (Fsp3) is 1.00. The highest BCUT2D eigenvalue weighted by atomic mass is 19.4. The Labute approximate surface area is 88.4 Å². The van der Waals surface area contributed by atoms with Crippen molar-refractivity contribution in [2.24, 2.45) is 11.7 Å². The van der Waals surface area contributed by atoms with Gasteiger partial charge in [-0.05, 0) is 5.92 Å². The summed E-state index contributed by atoms with van der Waals surface area (Å²) in [6.45, 7) is 5.71. The monoisotopic (exact) mass is 228 g/mol. The van der Waals surface area contributed by atoms with Gasteiger partial charge in [-0.3, -0.25) is 9.64 Å². The van der Waals surface area contributed by atoms with Crippen molar-refractivity contribution >= 4 is 0 Å². The highest BCUT2D eigenvalue weighted by molar-refractivity contribution is 4.60. The van der Waals surface area contributed by atoms with Crippen LogP contribution in [-0.2, 0) is 4.74 Å². The lowest BCUT2D eigenvalue weighted by Crippen LogP contribution is -2.36. The van der Waals surface area contributed by atoms with E-state index in [0.717, 1.165) is 6.54 Å². The lowest BCUT2D eigenvalue weighted by atomic mass is 10.2. The molecule has 0 aliphatic carbocycles. The second-order valence-electron chi connectivity index (χ2n) is 3.78. The predicted molar refractivity (Wildman–Crippen MR) is 52.3 cm³/mol. The molecule has 0 rings (SSSR count). The Balaban J connectivity index is 3.75. The molecule has 0 aliphatic heterocycles. The Kier molecular flexibility index (Phi) is 6.87. The third-order valence-corrected chi connectivity index (χ3v) is 1.74. The first-order chi connectivity index (χ1) is 6.85. The summed E-state index contributed by atoms with van der Waals surface area (Å²) < 4.78 is 38.8. The molecule has 0 spiro atoms. The summed E-state index contributed by atoms with van der Waals surface area (Å²) in [6.07, 6.45) is -4.54. The molecule has 0 saturated heterocycles. The van der Waals surface area contributed by atoms with Crippen molar-refractivity contribution in [3.05, 3.63) is 0 Å². The lowest BCUT2D eigenvalue weighted by Gasteiger charge is -2.23. The zero-order valence-corrected chi connectivity index (χ0v) is 9.18. The fourth-order valence-electron chi connectivity index (χ4n) is 1.28. The molecule has 0 radical (unpaired) electrons. The maximum Gasteiger partial charge on any atom is 0.522 e. The van der Waals surface area contributed by atoms with Gasteiger partial charge in [-0.1, -0.05) is 13.8 Å². The van der Waals surface area contributed by atoms with Crippen molar-refractivity contribution in [1.82, 2.24) is 4.90 Å². The van der Waals surface area contributed by atoms with Crippen LogP contribution in [-0.4, -0.2) is 44.0 Å². The molecule has 0 atom stereocenters. The summed E-state index contributed by atoms with van der Waals surface area (Å²) in [6, 6.07) is 0. The van der Waals surface area contributed by atoms with E-state index in [1.807, 2.05) is 18.7 Å². The van der Waals surface area contributed by atoms with Crippen LogP contribution in [0.4, 0.5) is 13.2 Å². The topological polar surface area (TPSA) is 38.5 Å². The standard InChI is InChI=1S/C9H19F3N2O/c1-8(2)7-14(4-3-13)5-6-15-9(10,11)12/h8H,3-7,13H2,1-2H3. The van der Waals surface area contributed by atoms with Gasteiger partial charge in [0.05, 0.1) is 6.61 Å². The van der Waals surface area contributed by atoms with Crippen LogP contribution in [0.2, 0.25) is 0 Å². The molecule has 0 bridgehead atoms. The van der Waals surface area contributed by atoms with Crippen LogP contribution < -0.4 is 5.73 Å². The van der Waals surface area contributed by atoms with Gasteiger partial charge in [-0.15, -0.1) is 13.2 Å². The van der Waals surface area contributed by atoms with Crippen molar-refractivity contribution in [2.45, 2.75) is 20.2 Å². The molecule has 15 heavy (non-hydrogen) atoms. The third-order valence-electron chi connectivity index (χ3n) is 1.74. The maximum absolute atomic E-state index is 11.7. The first-order valence-corrected chi connectivity index (χ1v) is 4.98. The molecule has 0 fully saturated rings. The van der Waals surface area contributed by atoms with Crippen LogP contribution in [0.25, 0.3) is 0 Å². The third kappa shape index (κ3) is 9.96. The number of hydrogen-bond donors (Lipinski definition) is 1. The summed E-state index contributed by atoms with van der Waals surface area (Å²) in [5.74, 6) is 0.405. The van der Waals surface area contributed by atoms with E-state index in [1.54, 1.807) is 0 Å². The quantitative estimate of drug-likeness (QED) is 0.716. The molecule has 0 unspecified atom stereocenters. The number of nitrogens with two attached hydrogens (primary N) is 1. The Morgan fingerprint density at radius 3 is 2.27 bits per heavy atom. The lowest BCUT2D eigenvalue weighted by molar-refractivity contribution is -0.325. The average molecular weight is 228 g/mol. The van der Waals surface area contributed by atoms with E-state index in [4.69, 9.17) is 5.73 Å². The summed E-state index contributed by atoms with van der Waals surface area (Å²) in [7, 11) is 0. The number of halogens is 3. The van der Waals surface area contributed by atoms with Gasteiger partial charge in [-0.2, -0.15) is 0 Å². The fourth-order valence-corrected chi connectivity index (χ4v) is 1.28. The minimum absolute atomic E-state index is 0.259. The molecule has 6 heteroatoms. The van der Waals surface area contributed by atoms with Gasteiger partial charge in [0.2, 0.25) is 0 Å². The minimum atomic E-state index is -4.54. The van der Waals surface area contributed by atoms with Crippen LogP contribution >= 0.6 is 0 Å². The first kappa shape index (κ1) is 14.7. The van der Waals surface area contributed by atoms with E-state index >= 15 is 0 Å². The number of hydrogen-bond acceptors (Lipinski definition) is 3. The Bertz CT molecular complexity index is 162. The van der Waals surface area contributed by atoms with Crippen molar-refractivity contribution in [3.8, 4) is 0 Å². The number of nitrogens with zero attached hydrogens (tertiary/aromatic N) is 1. The maximum atomic E-state index is 11.7. The van der Waals surface area contributed by atoms with Crippen molar-refractivity contribution in [1.29, 1.82) is 0 Å². The van der Waals surface area contributed by atoms with Crippen LogP contribution in [0, 0.1) is 5.92 Å². The van der Waals surface area contributed by atoms with E-state index in [0.29, 0.717) is 19.0 Å². The first-order valence-electron chi connectivity index (χ1n) is 4.98. The second kappa shape index (κ2) is 7.03. The molecule has 3 nitrogen and oxygen atoms in total. The van der Waals surface area contributed by atoms with E-state index in [9.17, 15) is 13.2 Å². The van der Waals surface area contributed by atoms with Gasteiger partial charge in [0, 0.05) is 26.2 Å². The summed E-state index contributed by atoms with van der Waals surface area (Å²) in [5, 5.41) is 0. The molecule has 0 heterocycles. The van der Waals surface area contributed by atoms with Gasteiger partial charge in [-0.25, -0.2) is 0 Å². The van der Waals surface area contributed by atoms with E-state index < -0.39 is 6.36 Å². The highest BCUT2D eigenvalue weighted by Crippen LogP contribution is 2.15. The Morgan fingerprint density at radius 1 is 1.27 bits per heavy atom. The Hall–Kier alpha value is -0.330. The molecule has 92 valence electrons. The largest absolute Gasteiger partial charge is 0.522 e. The van der Waals surface area contributed by atoms with E-state index in [1.165, 1.54) is 0 Å². The summed E-state index contributed by atoms with van der Waals surface area (Å²) >= 11 is 0. The van der Waals surface area contributed by atoms with Gasteiger partial charge in [0.25, 0.3) is 0 Å². The molecular weight excluding hydrogens is 209 g/mol. The van der Waals surface area contributed by atoms with Crippen LogP contribution in [0.15, 0.2) is 0 Å². The Morgan fingerprint density at radius 2 is 1.87 bits per heavy atom. The van der Waals surface area contributed by atoms with Gasteiger partial charge < -0.3 is 5.73 Å². The smallest absolute Gasteiger partial charge is 0.329 e. The van der Waals surface area contributed by atoms with E-state index in [2.05, 4.69) is 4.74 Å². The van der Waals surface area contributed by atoms with Crippen molar-refractivity contribution < 1.29 is 17.9 Å². The second-order valence-corrected chi connectivity index (χ2v) is 3.78. The van der Waals surface area contributed by atoms with Crippen LogP contribution in [0.1, 0.15) is 13.8 Å². The normalized spacial score (nSPS) is 12.8. The molecule has 0 aliphatic rings. The van der Waals surface area contributed by atoms with Crippen molar-refractivity contribution in [2.75, 3.05) is 32.8 Å². The van der Waals surface area contributed by atoms with Gasteiger partial charge >= 0.3 is 6.36 Å². The molecule has 0 saturated carbocycles. The highest BCUT2D eigenvalue weighted by Gasteiger charge is 2.28. The van der Waals surface area contributed by atoms with Crippen LogP contribution in [0.5, 0.6) is 0 Å². The van der Waals surface area contributed by atoms with Crippen molar-refractivity contribution in [3.63, 3.8) is 0 Å². The number of rotatable bonds is 7. The SMILES string of the molecule is CC(C)CN(CCN)CCOC(F)(F)F. The molecule has 0 amide bonds. The number of alkyl halides is 3. The predicted octanol–water partition coefficient (Wildman–Crippen LogP) is 1.44. The molecule has 0 aromatic heterocycles. The zero-order chi connectivity index (χ0) is 11.9. The average Bonchev–Trinajstić information content (AvgIpc) is 2.00. The zero-order valence-electron chi connectivity index (χ0n) is 9.18. The summed E-state index contributed by atoms with van der Waals surface area (Å²) in [4.78, 5) is 1.87. The van der Waals surface area contributed by atoms with Gasteiger partial charge in [0.15, 0.2) is 0 Å². The van der Waals surface area contributed by atoms with Crippen LogP contribution in [0.3, 0.4) is 0 Å². The number of ether oxygens (including phenoxy) is 1. The molecule has 2 N–H and O–H groups in total. The van der Waals surface area contributed by atoms with Gasteiger partial charge in [0.1, 0.15) is 0 Å². The summed E-state index contributed by atoms with van der Waals surface area (Å²) in [5.41, 5.74) is 5.36. The molecular formula is C9H19F3N2O. The molecule has 0 aromatic carbocycles. The molecule has 0 aromatic rings.